The van der Waals surface area contributed by atoms with E-state index in [1.165, 1.54) is 27.4 Å². The number of fused-ring (bicyclic) bond motifs is 1. The average Bonchev–Trinajstić information content (AvgIpc) is 3.23. The number of nitrogens with one attached hydrogen (secondary N) is 1. The lowest BCUT2D eigenvalue weighted by atomic mass is 10.2. The van der Waals surface area contributed by atoms with Crippen molar-refractivity contribution in [2.75, 3.05) is 51.4 Å². The van der Waals surface area contributed by atoms with E-state index in [1.807, 2.05) is 0 Å². The Morgan fingerprint density at radius 1 is 1.29 bits per heavy atom. The summed E-state index contributed by atoms with van der Waals surface area (Å²) < 4.78 is 37.4. The molecule has 1 N–H and O–H groups in total. The number of sulfonamides is 1. The van der Waals surface area contributed by atoms with Gasteiger partial charge in [-0.05, 0) is 37.5 Å². The number of methoxy groups -OCH3 is 1. The van der Waals surface area contributed by atoms with Crippen molar-refractivity contribution in [1.82, 2.24) is 9.62 Å². The van der Waals surface area contributed by atoms with E-state index >= 15 is 0 Å². The second-order valence-corrected chi connectivity index (χ2v) is 8.64. The van der Waals surface area contributed by atoms with Crippen LogP contribution in [0.4, 0.5) is 5.69 Å². The van der Waals surface area contributed by atoms with Gasteiger partial charge in [-0.2, -0.15) is 4.31 Å². The monoisotopic (exact) mass is 411 g/mol. The number of nitrogens with zero attached hydrogens (tertiary/aromatic N) is 2. The van der Waals surface area contributed by atoms with Crippen LogP contribution in [0, 0.1) is 0 Å². The standard InChI is InChI=1S/C18H25N3O6S/c1-26-10-4-7-19-17(22)12-21-15-11-14(5-6-16(15)27-13-18(21)23)28(24,25)20-8-2-3-9-20/h5-6,11H,2-4,7-10,12-13H2,1H3,(H,19,22). The Balaban J connectivity index is 1.79. The van der Waals surface area contributed by atoms with Crippen LogP contribution in [0.2, 0.25) is 0 Å². The molecule has 0 atom stereocenters. The Bertz CT molecular complexity index is 836. The minimum absolute atomic E-state index is 0.0944. The van der Waals surface area contributed by atoms with Crippen LogP contribution >= 0.6 is 0 Å². The van der Waals surface area contributed by atoms with E-state index in [1.54, 1.807) is 7.11 Å². The van der Waals surface area contributed by atoms with Gasteiger partial charge in [0.05, 0.1) is 10.6 Å². The maximum atomic E-state index is 12.8. The Hall–Kier alpha value is -2.17. The molecule has 0 unspecified atom stereocenters. The lowest BCUT2D eigenvalue weighted by Gasteiger charge is -2.29. The molecule has 0 aromatic heterocycles. The Kier molecular flexibility index (Phi) is 6.53. The van der Waals surface area contributed by atoms with E-state index < -0.39 is 15.9 Å². The molecule has 0 saturated carbocycles. The predicted octanol–water partition coefficient (Wildman–Crippen LogP) is 0.349. The van der Waals surface area contributed by atoms with Crippen molar-refractivity contribution in [3.63, 3.8) is 0 Å². The molecule has 0 aliphatic carbocycles. The van der Waals surface area contributed by atoms with Gasteiger partial charge in [-0.1, -0.05) is 0 Å². The Morgan fingerprint density at radius 3 is 2.75 bits per heavy atom. The zero-order chi connectivity index (χ0) is 20.1. The van der Waals surface area contributed by atoms with E-state index in [-0.39, 0.29) is 24.0 Å². The second-order valence-electron chi connectivity index (χ2n) is 6.71. The number of anilines is 1. The topological polar surface area (TPSA) is 105 Å². The molecule has 28 heavy (non-hydrogen) atoms. The summed E-state index contributed by atoms with van der Waals surface area (Å²) in [7, 11) is -2.05. The first kappa shape index (κ1) is 20.6. The average molecular weight is 411 g/mol. The van der Waals surface area contributed by atoms with Crippen molar-refractivity contribution in [3.8, 4) is 5.75 Å². The molecule has 2 aliphatic heterocycles. The summed E-state index contributed by atoms with van der Waals surface area (Å²) >= 11 is 0. The smallest absolute Gasteiger partial charge is 0.265 e. The summed E-state index contributed by atoms with van der Waals surface area (Å²) in [6.45, 7) is 1.54. The first-order valence-electron chi connectivity index (χ1n) is 9.26. The summed E-state index contributed by atoms with van der Waals surface area (Å²) in [6.07, 6.45) is 2.33. The number of amides is 2. The maximum absolute atomic E-state index is 12.8. The maximum Gasteiger partial charge on any atom is 0.265 e. The fourth-order valence-electron chi connectivity index (χ4n) is 3.24. The molecule has 9 nitrogen and oxygen atoms in total. The third-order valence-corrected chi connectivity index (χ3v) is 6.62. The zero-order valence-electron chi connectivity index (χ0n) is 15.8. The molecule has 0 radical (unpaired) electrons. The highest BCUT2D eigenvalue weighted by molar-refractivity contribution is 7.89. The molecular weight excluding hydrogens is 386 g/mol. The lowest BCUT2D eigenvalue weighted by molar-refractivity contribution is -0.125. The van der Waals surface area contributed by atoms with Gasteiger partial charge in [0.2, 0.25) is 15.9 Å². The lowest BCUT2D eigenvalue weighted by Crippen LogP contribution is -2.45. The van der Waals surface area contributed by atoms with Crippen LogP contribution in [0.15, 0.2) is 23.1 Å². The van der Waals surface area contributed by atoms with Crippen molar-refractivity contribution in [1.29, 1.82) is 0 Å². The summed E-state index contributed by atoms with van der Waals surface area (Å²) in [5, 5.41) is 2.73. The molecule has 0 bridgehead atoms. The number of hydrogen-bond acceptors (Lipinski definition) is 6. The van der Waals surface area contributed by atoms with Crippen LogP contribution in [-0.2, 0) is 24.3 Å². The van der Waals surface area contributed by atoms with Crippen LogP contribution in [0.3, 0.4) is 0 Å². The Labute approximate surface area is 164 Å². The van der Waals surface area contributed by atoms with Crippen molar-refractivity contribution in [2.24, 2.45) is 0 Å². The number of carbonyl (C=O) groups is 2. The molecule has 3 rings (SSSR count). The van der Waals surface area contributed by atoms with Crippen LogP contribution in [0.25, 0.3) is 0 Å². The van der Waals surface area contributed by atoms with Gasteiger partial charge >= 0.3 is 0 Å². The number of carbonyl (C=O) groups excluding carboxylic acids is 2. The van der Waals surface area contributed by atoms with E-state index in [2.05, 4.69) is 5.32 Å². The second kappa shape index (κ2) is 8.89. The van der Waals surface area contributed by atoms with Gasteiger partial charge in [0.15, 0.2) is 6.61 Å². The first-order valence-corrected chi connectivity index (χ1v) is 10.7. The van der Waals surface area contributed by atoms with E-state index in [0.717, 1.165) is 12.8 Å². The fraction of sp³-hybridized carbons (Fsp3) is 0.556. The van der Waals surface area contributed by atoms with Gasteiger partial charge in [0, 0.05) is 33.4 Å². The largest absolute Gasteiger partial charge is 0.482 e. The summed E-state index contributed by atoms with van der Waals surface area (Å²) in [5.74, 6) is -0.340. The zero-order valence-corrected chi connectivity index (χ0v) is 16.7. The minimum Gasteiger partial charge on any atom is -0.482 e. The van der Waals surface area contributed by atoms with Gasteiger partial charge in [-0.3, -0.25) is 14.5 Å². The Morgan fingerprint density at radius 2 is 2.04 bits per heavy atom. The summed E-state index contributed by atoms with van der Waals surface area (Å²) in [6, 6.07) is 4.43. The summed E-state index contributed by atoms with van der Waals surface area (Å²) in [4.78, 5) is 25.9. The number of ether oxygens (including phenoxy) is 2. The predicted molar refractivity (Wildman–Crippen MR) is 102 cm³/mol. The molecule has 2 aliphatic rings. The third-order valence-electron chi connectivity index (χ3n) is 4.73. The SMILES string of the molecule is COCCCNC(=O)CN1C(=O)COc2ccc(S(=O)(=O)N3CCCC3)cc21. The van der Waals surface area contributed by atoms with Gasteiger partial charge < -0.3 is 14.8 Å². The normalized spacial score (nSPS) is 17.3. The molecule has 1 saturated heterocycles. The fourth-order valence-corrected chi connectivity index (χ4v) is 4.77. The third kappa shape index (κ3) is 4.45. The molecular formula is C18H25N3O6S. The number of rotatable bonds is 8. The van der Waals surface area contributed by atoms with Crippen molar-refractivity contribution in [3.05, 3.63) is 18.2 Å². The highest BCUT2D eigenvalue weighted by Gasteiger charge is 2.32. The molecule has 1 aromatic carbocycles. The molecule has 1 fully saturated rings. The quantitative estimate of drug-likeness (QED) is 0.619. The van der Waals surface area contributed by atoms with Gasteiger partial charge in [0.25, 0.3) is 5.91 Å². The van der Waals surface area contributed by atoms with E-state index in [4.69, 9.17) is 9.47 Å². The molecule has 1 aromatic rings. The van der Waals surface area contributed by atoms with Crippen molar-refractivity contribution in [2.45, 2.75) is 24.2 Å². The molecule has 154 valence electrons. The minimum atomic E-state index is -3.64. The first-order chi connectivity index (χ1) is 13.4. The van der Waals surface area contributed by atoms with Crippen LogP contribution in [0.1, 0.15) is 19.3 Å². The highest BCUT2D eigenvalue weighted by Crippen LogP contribution is 2.35. The number of hydrogen-bond donors (Lipinski definition) is 1. The van der Waals surface area contributed by atoms with E-state index in [9.17, 15) is 18.0 Å². The van der Waals surface area contributed by atoms with Crippen LogP contribution < -0.4 is 15.0 Å². The van der Waals surface area contributed by atoms with Crippen molar-refractivity contribution >= 4 is 27.5 Å². The molecule has 2 heterocycles. The summed E-state index contributed by atoms with van der Waals surface area (Å²) in [5.41, 5.74) is 0.295. The molecule has 2 amide bonds. The van der Waals surface area contributed by atoms with Gasteiger partial charge in [0.1, 0.15) is 12.3 Å². The highest BCUT2D eigenvalue weighted by atomic mass is 32.2. The van der Waals surface area contributed by atoms with Crippen LogP contribution in [0.5, 0.6) is 5.75 Å². The van der Waals surface area contributed by atoms with E-state index in [0.29, 0.717) is 44.1 Å². The van der Waals surface area contributed by atoms with Gasteiger partial charge in [-0.15, -0.1) is 0 Å². The number of benzene rings is 1. The van der Waals surface area contributed by atoms with Gasteiger partial charge in [-0.25, -0.2) is 8.42 Å². The molecule has 0 spiro atoms. The molecule has 10 heteroatoms. The van der Waals surface area contributed by atoms with Crippen molar-refractivity contribution < 1.29 is 27.5 Å². The van der Waals surface area contributed by atoms with Crippen LogP contribution in [-0.4, -0.2) is 71.0 Å².